The third-order valence-electron chi connectivity index (χ3n) is 4.13. The van der Waals surface area contributed by atoms with Gasteiger partial charge in [-0.1, -0.05) is 30.1 Å². The number of nitrogens with zero attached hydrogens (tertiary/aromatic N) is 3. The molecule has 0 fully saturated rings. The Bertz CT molecular complexity index is 1210. The van der Waals surface area contributed by atoms with Crippen LogP contribution in [0.1, 0.15) is 5.69 Å². The fraction of sp³-hybridized carbons (Fsp3) is 0.100. The van der Waals surface area contributed by atoms with Crippen molar-refractivity contribution < 1.29 is 18.0 Å². The first-order valence-corrected chi connectivity index (χ1v) is 11.8. The van der Waals surface area contributed by atoms with Gasteiger partial charge in [0.2, 0.25) is 10.0 Å². The predicted octanol–water partition coefficient (Wildman–Crippen LogP) is 3.68. The number of hydroxylamine groups is 2. The molecule has 162 valence electrons. The number of thioether (sulfide) groups is 1. The highest BCUT2D eigenvalue weighted by Crippen LogP contribution is 2.25. The number of aromatic nitrogens is 2. The minimum atomic E-state index is -3.81. The lowest BCUT2D eigenvalue weighted by Gasteiger charge is -2.08. The molecule has 0 bridgehead atoms. The largest absolute Gasteiger partial charge is 0.287 e. The molecule has 31 heavy (non-hydrogen) atoms. The molecule has 0 radical (unpaired) electrons. The van der Waals surface area contributed by atoms with Crippen LogP contribution in [0.3, 0.4) is 0 Å². The zero-order valence-electron chi connectivity index (χ0n) is 16.3. The molecule has 1 aromatic heterocycles. The predicted molar refractivity (Wildman–Crippen MR) is 124 cm³/mol. The van der Waals surface area contributed by atoms with Gasteiger partial charge in [0, 0.05) is 18.4 Å². The molecule has 2 aromatic carbocycles. The van der Waals surface area contributed by atoms with E-state index in [0.29, 0.717) is 27.1 Å². The lowest BCUT2D eigenvalue weighted by Crippen LogP contribution is -2.17. The smallest absolute Gasteiger partial charge is 0.238 e. The van der Waals surface area contributed by atoms with Gasteiger partial charge in [-0.3, -0.25) is 5.21 Å². The Morgan fingerprint density at radius 1 is 1.26 bits per heavy atom. The summed E-state index contributed by atoms with van der Waals surface area (Å²) in [5.41, 5.74) is 2.69. The van der Waals surface area contributed by atoms with Crippen LogP contribution in [0, 0.1) is 5.82 Å². The summed E-state index contributed by atoms with van der Waals surface area (Å²) in [6.07, 6.45) is 3.65. The average molecular weight is 479 g/mol. The molecule has 0 aliphatic rings. The second-order valence-corrected chi connectivity index (χ2v) is 9.63. The second kappa shape index (κ2) is 9.71. The zero-order chi connectivity index (χ0) is 22.6. The van der Waals surface area contributed by atoms with Crippen LogP contribution < -0.4 is 5.14 Å². The SMILES string of the molecule is CN(O)C(=S)SCC=Cc1cc(-c2ccc(F)cc2)n(-c2ccc(S(N)(=O)=O)cc2)n1. The van der Waals surface area contributed by atoms with Crippen molar-refractivity contribution in [2.45, 2.75) is 4.90 Å². The van der Waals surface area contributed by atoms with Crippen molar-refractivity contribution in [1.82, 2.24) is 14.8 Å². The number of thiocarbonyl (C=S) groups is 1. The van der Waals surface area contributed by atoms with Gasteiger partial charge in [-0.2, -0.15) is 5.10 Å². The van der Waals surface area contributed by atoms with Gasteiger partial charge in [0.25, 0.3) is 0 Å². The van der Waals surface area contributed by atoms with E-state index in [4.69, 9.17) is 17.4 Å². The average Bonchev–Trinajstić information content (AvgIpc) is 3.15. The van der Waals surface area contributed by atoms with Gasteiger partial charge in [0.1, 0.15) is 5.82 Å². The highest BCUT2D eigenvalue weighted by atomic mass is 32.2. The number of sulfonamides is 1. The molecule has 0 unspecified atom stereocenters. The highest BCUT2D eigenvalue weighted by molar-refractivity contribution is 8.22. The van der Waals surface area contributed by atoms with E-state index in [1.165, 1.54) is 43.1 Å². The highest BCUT2D eigenvalue weighted by Gasteiger charge is 2.13. The van der Waals surface area contributed by atoms with Gasteiger partial charge in [-0.15, -0.1) is 0 Å². The van der Waals surface area contributed by atoms with Gasteiger partial charge in [-0.25, -0.2) is 27.7 Å². The first kappa shape index (κ1) is 23.1. The van der Waals surface area contributed by atoms with E-state index in [0.717, 1.165) is 10.6 Å². The lowest BCUT2D eigenvalue weighted by molar-refractivity contribution is 0.0205. The maximum Gasteiger partial charge on any atom is 0.238 e. The molecule has 3 rings (SSSR count). The normalized spacial score (nSPS) is 11.7. The maximum absolute atomic E-state index is 13.4. The Kier molecular flexibility index (Phi) is 7.23. The third-order valence-corrected chi connectivity index (χ3v) is 6.55. The van der Waals surface area contributed by atoms with Crippen LogP contribution in [-0.2, 0) is 10.0 Å². The number of hydrogen-bond donors (Lipinski definition) is 2. The number of benzene rings is 2. The summed E-state index contributed by atoms with van der Waals surface area (Å²) >= 11 is 6.30. The van der Waals surface area contributed by atoms with Crippen LogP contribution in [0.2, 0.25) is 0 Å². The van der Waals surface area contributed by atoms with Crippen LogP contribution in [0.4, 0.5) is 4.39 Å². The van der Waals surface area contributed by atoms with Crippen LogP contribution in [0.5, 0.6) is 0 Å². The number of rotatable bonds is 6. The van der Waals surface area contributed by atoms with Crippen LogP contribution in [-0.4, -0.2) is 45.6 Å². The van der Waals surface area contributed by atoms with Gasteiger partial charge >= 0.3 is 0 Å². The Balaban J connectivity index is 1.95. The fourth-order valence-corrected chi connectivity index (χ4v) is 3.90. The molecular weight excluding hydrogens is 459 g/mol. The van der Waals surface area contributed by atoms with Crippen molar-refractivity contribution in [3.05, 3.63) is 72.2 Å². The molecule has 0 atom stereocenters. The van der Waals surface area contributed by atoms with Crippen molar-refractivity contribution in [3.63, 3.8) is 0 Å². The molecule has 1 heterocycles. The monoisotopic (exact) mass is 478 g/mol. The number of nitrogens with two attached hydrogens (primary N) is 1. The molecule has 0 saturated heterocycles. The van der Waals surface area contributed by atoms with E-state index in [-0.39, 0.29) is 10.7 Å². The number of halogens is 1. The van der Waals surface area contributed by atoms with Crippen molar-refractivity contribution >= 4 is 44.4 Å². The van der Waals surface area contributed by atoms with Crippen LogP contribution in [0.25, 0.3) is 23.0 Å². The van der Waals surface area contributed by atoms with Crippen LogP contribution >= 0.6 is 24.0 Å². The van der Waals surface area contributed by atoms with Crippen LogP contribution in [0.15, 0.2) is 65.6 Å². The first-order chi connectivity index (χ1) is 14.6. The fourth-order valence-electron chi connectivity index (χ4n) is 2.66. The van der Waals surface area contributed by atoms with E-state index in [9.17, 15) is 18.0 Å². The molecule has 3 N–H and O–H groups in total. The summed E-state index contributed by atoms with van der Waals surface area (Å²) < 4.78 is 38.4. The van der Waals surface area contributed by atoms with Crippen molar-refractivity contribution in [1.29, 1.82) is 0 Å². The van der Waals surface area contributed by atoms with E-state index >= 15 is 0 Å². The Morgan fingerprint density at radius 2 is 1.90 bits per heavy atom. The Hall–Kier alpha value is -2.57. The first-order valence-electron chi connectivity index (χ1n) is 8.90. The maximum atomic E-state index is 13.4. The Labute approximate surface area is 189 Å². The topological polar surface area (TPSA) is 101 Å². The standard InChI is InChI=1S/C20H19FN4O3S3/c1-24(26)20(29)30-12-2-3-16-13-19(14-4-6-15(21)7-5-14)25(23-16)17-8-10-18(11-9-17)31(22,27)28/h2-11,13,26H,12H2,1H3,(H2,22,27,28). The number of primary sulfonamides is 1. The molecule has 11 heteroatoms. The molecule has 0 amide bonds. The van der Waals surface area contributed by atoms with E-state index < -0.39 is 10.0 Å². The van der Waals surface area contributed by atoms with E-state index in [1.807, 2.05) is 12.1 Å². The summed E-state index contributed by atoms with van der Waals surface area (Å²) in [6.45, 7) is 0. The van der Waals surface area contributed by atoms with Gasteiger partial charge in [-0.05, 0) is 60.7 Å². The van der Waals surface area contributed by atoms with Gasteiger partial charge in [0.05, 0.1) is 22.0 Å². The quantitative estimate of drug-likeness (QED) is 0.412. The van der Waals surface area contributed by atoms with Crippen molar-refractivity contribution in [2.24, 2.45) is 5.14 Å². The molecule has 0 saturated carbocycles. The molecule has 7 nitrogen and oxygen atoms in total. The molecule has 3 aromatic rings. The zero-order valence-corrected chi connectivity index (χ0v) is 18.8. The second-order valence-electron chi connectivity index (χ2n) is 6.41. The molecule has 0 aliphatic heterocycles. The van der Waals surface area contributed by atoms with Gasteiger partial charge in [0.15, 0.2) is 4.32 Å². The summed E-state index contributed by atoms with van der Waals surface area (Å²) in [5.74, 6) is 0.181. The summed E-state index contributed by atoms with van der Waals surface area (Å²) in [5, 5.41) is 19.9. The van der Waals surface area contributed by atoms with Crippen molar-refractivity contribution in [3.8, 4) is 16.9 Å². The minimum Gasteiger partial charge on any atom is -0.287 e. The number of hydrogen-bond acceptors (Lipinski definition) is 6. The van der Waals surface area contributed by atoms with Gasteiger partial charge < -0.3 is 0 Å². The molecule has 0 aliphatic carbocycles. The minimum absolute atomic E-state index is 0.00583. The Morgan fingerprint density at radius 3 is 2.48 bits per heavy atom. The third kappa shape index (κ3) is 5.99. The molecule has 0 spiro atoms. The van der Waals surface area contributed by atoms with Crippen molar-refractivity contribution in [2.75, 3.05) is 12.8 Å². The summed E-state index contributed by atoms with van der Waals surface area (Å²) in [6, 6.07) is 13.8. The summed E-state index contributed by atoms with van der Waals surface area (Å²) in [7, 11) is -2.35. The van der Waals surface area contributed by atoms with E-state index in [1.54, 1.807) is 35.0 Å². The summed E-state index contributed by atoms with van der Waals surface area (Å²) in [4.78, 5) is -0.00583. The lowest BCUT2D eigenvalue weighted by atomic mass is 10.1. The molecular formula is C20H19FN4O3S3. The van der Waals surface area contributed by atoms with E-state index in [2.05, 4.69) is 5.10 Å².